The molecule has 0 aromatic heterocycles. The summed E-state index contributed by atoms with van der Waals surface area (Å²) >= 11 is 0. The molecule has 0 aliphatic rings. The van der Waals surface area contributed by atoms with Crippen molar-refractivity contribution in [3.63, 3.8) is 0 Å². The van der Waals surface area contributed by atoms with Crippen molar-refractivity contribution in [2.75, 3.05) is 20.7 Å². The molecule has 1 rings (SSSR count). The third-order valence-corrected chi connectivity index (χ3v) is 3.11. The first-order valence-electron chi connectivity index (χ1n) is 6.61. The van der Waals surface area contributed by atoms with Crippen LogP contribution in [0.5, 0.6) is 5.75 Å². The van der Waals surface area contributed by atoms with Gasteiger partial charge < -0.3 is 15.4 Å². The molecule has 0 bridgehead atoms. The van der Waals surface area contributed by atoms with E-state index in [0.717, 1.165) is 30.3 Å². The van der Waals surface area contributed by atoms with Gasteiger partial charge in [-0.05, 0) is 43.6 Å². The summed E-state index contributed by atoms with van der Waals surface area (Å²) in [6.45, 7) is 7.12. The molecule has 0 spiro atoms. The Bertz CT molecular complexity index is 364. The van der Waals surface area contributed by atoms with Crippen LogP contribution in [-0.2, 0) is 13.1 Å². The molecular formula is C15H26N2O. The van der Waals surface area contributed by atoms with E-state index in [1.165, 1.54) is 12.0 Å². The van der Waals surface area contributed by atoms with E-state index in [4.69, 9.17) is 10.5 Å². The summed E-state index contributed by atoms with van der Waals surface area (Å²) in [6.07, 6.45) is 1.23. The highest BCUT2D eigenvalue weighted by Crippen LogP contribution is 2.20. The van der Waals surface area contributed by atoms with E-state index in [9.17, 15) is 0 Å². The van der Waals surface area contributed by atoms with Crippen molar-refractivity contribution in [1.29, 1.82) is 0 Å². The van der Waals surface area contributed by atoms with E-state index in [1.54, 1.807) is 7.11 Å². The molecule has 3 heteroatoms. The van der Waals surface area contributed by atoms with E-state index in [1.807, 2.05) is 6.07 Å². The molecule has 1 aromatic carbocycles. The molecule has 0 unspecified atom stereocenters. The number of methoxy groups -OCH3 is 1. The van der Waals surface area contributed by atoms with E-state index in [0.29, 0.717) is 6.54 Å². The first kappa shape index (κ1) is 15.0. The lowest BCUT2D eigenvalue weighted by Crippen LogP contribution is -2.20. The number of nitrogens with zero attached hydrogens (tertiary/aromatic N) is 1. The molecule has 0 aliphatic heterocycles. The summed E-state index contributed by atoms with van der Waals surface area (Å²) in [7, 11) is 3.84. The first-order chi connectivity index (χ1) is 8.56. The number of hydrogen-bond acceptors (Lipinski definition) is 3. The number of hydrogen-bond donors (Lipinski definition) is 1. The predicted molar refractivity (Wildman–Crippen MR) is 76.7 cm³/mol. The third-order valence-electron chi connectivity index (χ3n) is 3.11. The van der Waals surface area contributed by atoms with Gasteiger partial charge in [-0.15, -0.1) is 0 Å². The Hall–Kier alpha value is -1.06. The minimum atomic E-state index is 0.521. The summed E-state index contributed by atoms with van der Waals surface area (Å²) in [6, 6.07) is 6.27. The minimum Gasteiger partial charge on any atom is -0.496 e. The zero-order chi connectivity index (χ0) is 13.5. The quantitative estimate of drug-likeness (QED) is 0.808. The lowest BCUT2D eigenvalue weighted by atomic mass is 10.1. The van der Waals surface area contributed by atoms with E-state index < -0.39 is 0 Å². The average molecular weight is 250 g/mol. The van der Waals surface area contributed by atoms with Gasteiger partial charge in [0.1, 0.15) is 5.75 Å². The second-order valence-corrected chi connectivity index (χ2v) is 5.27. The van der Waals surface area contributed by atoms with Crippen molar-refractivity contribution in [3.8, 4) is 5.75 Å². The third kappa shape index (κ3) is 4.67. The molecule has 0 radical (unpaired) electrons. The molecular weight excluding hydrogens is 224 g/mol. The standard InChI is InChI=1S/C15H26N2O/c1-12(2)7-8-17(3)11-13-5-6-15(18-4)14(9-13)10-16/h5-6,9,12H,7-8,10-11,16H2,1-4H3. The Kier molecular flexibility index (Phi) is 6.16. The fourth-order valence-electron chi connectivity index (χ4n) is 1.96. The molecule has 3 nitrogen and oxygen atoms in total. The van der Waals surface area contributed by atoms with Crippen LogP contribution < -0.4 is 10.5 Å². The molecule has 2 N–H and O–H groups in total. The van der Waals surface area contributed by atoms with Crippen molar-refractivity contribution >= 4 is 0 Å². The van der Waals surface area contributed by atoms with Crippen LogP contribution in [0.4, 0.5) is 0 Å². The second-order valence-electron chi connectivity index (χ2n) is 5.27. The molecule has 0 atom stereocenters. The SMILES string of the molecule is COc1ccc(CN(C)CCC(C)C)cc1CN. The maximum Gasteiger partial charge on any atom is 0.123 e. The van der Waals surface area contributed by atoms with Gasteiger partial charge >= 0.3 is 0 Å². The van der Waals surface area contributed by atoms with Crippen LogP contribution in [0.1, 0.15) is 31.4 Å². The van der Waals surface area contributed by atoms with Gasteiger partial charge in [0.15, 0.2) is 0 Å². The fraction of sp³-hybridized carbons (Fsp3) is 0.600. The van der Waals surface area contributed by atoms with Crippen LogP contribution >= 0.6 is 0 Å². The Morgan fingerprint density at radius 2 is 2.06 bits per heavy atom. The Morgan fingerprint density at radius 3 is 2.61 bits per heavy atom. The average Bonchev–Trinajstić information content (AvgIpc) is 2.36. The highest BCUT2D eigenvalue weighted by Gasteiger charge is 2.06. The topological polar surface area (TPSA) is 38.5 Å². The van der Waals surface area contributed by atoms with Gasteiger partial charge in [0.25, 0.3) is 0 Å². The number of benzene rings is 1. The van der Waals surface area contributed by atoms with Gasteiger partial charge in [0, 0.05) is 18.7 Å². The van der Waals surface area contributed by atoms with Crippen molar-refractivity contribution in [3.05, 3.63) is 29.3 Å². The van der Waals surface area contributed by atoms with Crippen LogP contribution in [0, 0.1) is 5.92 Å². The monoisotopic (exact) mass is 250 g/mol. The fourth-order valence-corrected chi connectivity index (χ4v) is 1.96. The van der Waals surface area contributed by atoms with Crippen LogP contribution in [0.3, 0.4) is 0 Å². The highest BCUT2D eigenvalue weighted by atomic mass is 16.5. The predicted octanol–water partition coefficient (Wildman–Crippen LogP) is 2.63. The maximum atomic E-state index is 5.73. The molecule has 102 valence electrons. The Labute approximate surface area is 111 Å². The summed E-state index contributed by atoms with van der Waals surface area (Å²) < 4.78 is 5.28. The molecule has 0 fully saturated rings. The summed E-state index contributed by atoms with van der Waals surface area (Å²) in [5, 5.41) is 0. The summed E-state index contributed by atoms with van der Waals surface area (Å²) in [4.78, 5) is 2.35. The van der Waals surface area contributed by atoms with Crippen molar-refractivity contribution in [2.24, 2.45) is 11.7 Å². The maximum absolute atomic E-state index is 5.73. The van der Waals surface area contributed by atoms with Gasteiger partial charge in [-0.1, -0.05) is 19.9 Å². The second kappa shape index (κ2) is 7.39. The van der Waals surface area contributed by atoms with Crippen LogP contribution in [0.2, 0.25) is 0 Å². The minimum absolute atomic E-state index is 0.521. The van der Waals surface area contributed by atoms with Gasteiger partial charge in [-0.3, -0.25) is 0 Å². The van der Waals surface area contributed by atoms with E-state index >= 15 is 0 Å². The van der Waals surface area contributed by atoms with Crippen molar-refractivity contribution in [1.82, 2.24) is 4.90 Å². The molecule has 0 aliphatic carbocycles. The molecule has 0 saturated heterocycles. The lowest BCUT2D eigenvalue weighted by molar-refractivity contribution is 0.303. The van der Waals surface area contributed by atoms with E-state index in [-0.39, 0.29) is 0 Å². The lowest BCUT2D eigenvalue weighted by Gasteiger charge is -2.18. The van der Waals surface area contributed by atoms with E-state index in [2.05, 4.69) is 37.9 Å². The van der Waals surface area contributed by atoms with Gasteiger partial charge in [-0.2, -0.15) is 0 Å². The van der Waals surface area contributed by atoms with Crippen molar-refractivity contribution < 1.29 is 4.74 Å². The van der Waals surface area contributed by atoms with Crippen LogP contribution in [0.15, 0.2) is 18.2 Å². The Balaban J connectivity index is 2.61. The number of nitrogens with two attached hydrogens (primary N) is 1. The first-order valence-corrected chi connectivity index (χ1v) is 6.61. The van der Waals surface area contributed by atoms with Gasteiger partial charge in [0.2, 0.25) is 0 Å². The van der Waals surface area contributed by atoms with Crippen LogP contribution in [-0.4, -0.2) is 25.6 Å². The highest BCUT2D eigenvalue weighted by molar-refractivity contribution is 5.37. The number of rotatable bonds is 7. The normalized spacial score (nSPS) is 11.3. The number of ether oxygens (including phenoxy) is 1. The summed E-state index contributed by atoms with van der Waals surface area (Å²) in [5.74, 6) is 1.63. The zero-order valence-electron chi connectivity index (χ0n) is 12.1. The zero-order valence-corrected chi connectivity index (χ0v) is 12.1. The Morgan fingerprint density at radius 1 is 1.33 bits per heavy atom. The largest absolute Gasteiger partial charge is 0.496 e. The van der Waals surface area contributed by atoms with Gasteiger partial charge in [0.05, 0.1) is 7.11 Å². The molecule has 18 heavy (non-hydrogen) atoms. The molecule has 1 aromatic rings. The van der Waals surface area contributed by atoms with Crippen LogP contribution in [0.25, 0.3) is 0 Å². The molecule has 0 amide bonds. The van der Waals surface area contributed by atoms with Crippen molar-refractivity contribution in [2.45, 2.75) is 33.4 Å². The molecule has 0 saturated carbocycles. The smallest absolute Gasteiger partial charge is 0.123 e. The van der Waals surface area contributed by atoms with Gasteiger partial charge in [-0.25, -0.2) is 0 Å². The molecule has 0 heterocycles. The summed E-state index contributed by atoms with van der Waals surface area (Å²) in [5.41, 5.74) is 8.10.